The molecule has 2 bridgehead atoms. The third-order valence-corrected chi connectivity index (χ3v) is 6.69. The molecule has 2 saturated heterocycles. The predicted octanol–water partition coefficient (Wildman–Crippen LogP) is 2.54. The van der Waals surface area contributed by atoms with Gasteiger partial charge in [-0.2, -0.15) is 0 Å². The van der Waals surface area contributed by atoms with Crippen LogP contribution >= 0.6 is 0 Å². The van der Waals surface area contributed by atoms with Crippen LogP contribution in [-0.2, 0) is 16.6 Å². The number of phenolic OH excluding ortho intramolecular Hbond substituents is 1. The van der Waals surface area contributed by atoms with Crippen molar-refractivity contribution in [2.24, 2.45) is 5.92 Å². The molecule has 1 amide bonds. The number of phenols is 1. The Balaban J connectivity index is 1.76. The molecule has 0 aromatic heterocycles. The molecule has 130 valence electrons. The molecule has 1 N–H and O–H groups in total. The summed E-state index contributed by atoms with van der Waals surface area (Å²) in [6.07, 6.45) is 5.39. The van der Waals surface area contributed by atoms with Crippen LogP contribution in [0.25, 0.3) is 0 Å². The maximum Gasteiger partial charge on any atom is 0.228 e. The van der Waals surface area contributed by atoms with E-state index in [0.29, 0.717) is 11.7 Å². The lowest BCUT2D eigenvalue weighted by Gasteiger charge is -2.55. The van der Waals surface area contributed by atoms with E-state index in [1.165, 1.54) is 17.5 Å². The molecule has 2 aliphatic heterocycles. The first-order valence-corrected chi connectivity index (χ1v) is 9.32. The standard InChI is InChI=1S/C20H28N2O2/c1-20-8-11-21(2)17(12-14-6-7-15(23)13-16(14)20)18(20)19(24)22-9-4-3-5-10-22/h6-7,13,17-18,23H,3-5,8-12H2,1-2H3/t17?,18-,20-/m1/s1. The Bertz CT molecular complexity index is 653. The minimum atomic E-state index is -0.169. The van der Waals surface area contributed by atoms with Crippen LogP contribution in [0.15, 0.2) is 18.2 Å². The van der Waals surface area contributed by atoms with E-state index < -0.39 is 0 Å². The van der Waals surface area contributed by atoms with Crippen molar-refractivity contribution >= 4 is 5.91 Å². The highest BCUT2D eigenvalue weighted by atomic mass is 16.3. The van der Waals surface area contributed by atoms with Crippen molar-refractivity contribution in [2.75, 3.05) is 26.7 Å². The molecule has 2 fully saturated rings. The van der Waals surface area contributed by atoms with E-state index in [2.05, 4.69) is 29.8 Å². The van der Waals surface area contributed by atoms with Gasteiger partial charge in [-0.25, -0.2) is 0 Å². The Morgan fingerprint density at radius 2 is 1.96 bits per heavy atom. The summed E-state index contributed by atoms with van der Waals surface area (Å²) in [5.41, 5.74) is 2.33. The van der Waals surface area contributed by atoms with Gasteiger partial charge in [0.2, 0.25) is 5.91 Å². The Morgan fingerprint density at radius 3 is 2.71 bits per heavy atom. The molecule has 3 aliphatic rings. The highest BCUT2D eigenvalue weighted by Crippen LogP contribution is 2.49. The van der Waals surface area contributed by atoms with Crippen LogP contribution in [0.1, 0.15) is 43.7 Å². The van der Waals surface area contributed by atoms with Crippen molar-refractivity contribution in [3.05, 3.63) is 29.3 Å². The fourth-order valence-corrected chi connectivity index (χ4v) is 5.23. The smallest absolute Gasteiger partial charge is 0.228 e. The van der Waals surface area contributed by atoms with Crippen LogP contribution < -0.4 is 0 Å². The van der Waals surface area contributed by atoms with Gasteiger partial charge < -0.3 is 14.9 Å². The van der Waals surface area contributed by atoms with Gasteiger partial charge in [0.15, 0.2) is 0 Å². The van der Waals surface area contributed by atoms with Crippen molar-refractivity contribution in [2.45, 2.75) is 50.5 Å². The van der Waals surface area contributed by atoms with Crippen molar-refractivity contribution in [1.82, 2.24) is 9.80 Å². The summed E-state index contributed by atoms with van der Waals surface area (Å²) in [7, 11) is 2.16. The average Bonchev–Trinajstić information content (AvgIpc) is 2.59. The molecular formula is C20H28N2O2. The number of hydrogen-bond acceptors (Lipinski definition) is 3. The normalized spacial score (nSPS) is 33.2. The third kappa shape index (κ3) is 2.34. The fourth-order valence-electron chi connectivity index (χ4n) is 5.23. The molecule has 3 atom stereocenters. The molecular weight excluding hydrogens is 300 g/mol. The van der Waals surface area contributed by atoms with Crippen molar-refractivity contribution in [3.63, 3.8) is 0 Å². The first kappa shape index (κ1) is 15.9. The minimum Gasteiger partial charge on any atom is -0.508 e. The summed E-state index contributed by atoms with van der Waals surface area (Å²) in [6.45, 7) is 5.08. The summed E-state index contributed by atoms with van der Waals surface area (Å²) in [4.78, 5) is 17.9. The lowest BCUT2D eigenvalue weighted by atomic mass is 9.58. The lowest BCUT2D eigenvalue weighted by molar-refractivity contribution is -0.145. The van der Waals surface area contributed by atoms with Gasteiger partial charge in [-0.1, -0.05) is 13.0 Å². The Labute approximate surface area is 144 Å². The third-order valence-electron chi connectivity index (χ3n) is 6.69. The molecule has 4 heteroatoms. The van der Waals surface area contributed by atoms with E-state index in [1.54, 1.807) is 6.07 Å². The molecule has 1 unspecified atom stereocenters. The topological polar surface area (TPSA) is 43.8 Å². The van der Waals surface area contributed by atoms with Gasteiger partial charge in [0.05, 0.1) is 5.92 Å². The van der Waals surface area contributed by atoms with Crippen molar-refractivity contribution in [1.29, 1.82) is 0 Å². The number of carbonyl (C=O) groups excluding carboxylic acids is 1. The number of fused-ring (bicyclic) bond motifs is 4. The molecule has 0 spiro atoms. The van der Waals surface area contributed by atoms with Gasteiger partial charge in [0.25, 0.3) is 0 Å². The number of nitrogens with zero attached hydrogens (tertiary/aromatic N) is 2. The summed E-state index contributed by atoms with van der Waals surface area (Å²) < 4.78 is 0. The Hall–Kier alpha value is -1.55. The number of aromatic hydroxyl groups is 1. The molecule has 0 saturated carbocycles. The molecule has 1 aromatic rings. The second kappa shape index (κ2) is 5.76. The number of likely N-dealkylation sites (tertiary alicyclic amines) is 2. The van der Waals surface area contributed by atoms with Crippen LogP contribution in [0.5, 0.6) is 5.75 Å². The van der Waals surface area contributed by atoms with E-state index in [0.717, 1.165) is 45.3 Å². The second-order valence-corrected chi connectivity index (χ2v) is 8.12. The number of piperidine rings is 2. The maximum absolute atomic E-state index is 13.4. The SMILES string of the molecule is CN1CC[C@]2(C)c3cc(O)ccc3CC1[C@@H]2C(=O)N1CCCCC1. The largest absolute Gasteiger partial charge is 0.508 e. The van der Waals surface area contributed by atoms with Gasteiger partial charge in [-0.15, -0.1) is 0 Å². The zero-order valence-corrected chi connectivity index (χ0v) is 14.8. The quantitative estimate of drug-likeness (QED) is 0.861. The van der Waals surface area contributed by atoms with E-state index in [9.17, 15) is 9.90 Å². The Kier molecular flexibility index (Phi) is 3.83. The monoisotopic (exact) mass is 328 g/mol. The number of carbonyl (C=O) groups is 1. The lowest BCUT2D eigenvalue weighted by Crippen LogP contribution is -2.62. The molecule has 2 heterocycles. The van der Waals surface area contributed by atoms with E-state index in [-0.39, 0.29) is 17.4 Å². The highest BCUT2D eigenvalue weighted by Gasteiger charge is 2.54. The summed E-state index contributed by atoms with van der Waals surface area (Å²) in [6, 6.07) is 6.02. The van der Waals surface area contributed by atoms with Gasteiger partial charge in [-0.05, 0) is 69.0 Å². The van der Waals surface area contributed by atoms with Crippen LogP contribution in [0.3, 0.4) is 0 Å². The van der Waals surface area contributed by atoms with E-state index in [4.69, 9.17) is 0 Å². The maximum atomic E-state index is 13.4. The second-order valence-electron chi connectivity index (χ2n) is 8.12. The summed E-state index contributed by atoms with van der Waals surface area (Å²) in [5, 5.41) is 10.0. The summed E-state index contributed by atoms with van der Waals surface area (Å²) in [5.74, 6) is 0.655. The predicted molar refractivity (Wildman–Crippen MR) is 94.1 cm³/mol. The van der Waals surface area contributed by atoms with Crippen LogP contribution in [-0.4, -0.2) is 53.5 Å². The average molecular weight is 328 g/mol. The van der Waals surface area contributed by atoms with Gasteiger partial charge in [0.1, 0.15) is 5.75 Å². The Morgan fingerprint density at radius 1 is 1.21 bits per heavy atom. The number of rotatable bonds is 1. The van der Waals surface area contributed by atoms with Gasteiger partial charge in [-0.3, -0.25) is 4.79 Å². The highest BCUT2D eigenvalue weighted by molar-refractivity contribution is 5.82. The van der Waals surface area contributed by atoms with Crippen LogP contribution in [0, 0.1) is 5.92 Å². The molecule has 1 aromatic carbocycles. The first-order chi connectivity index (χ1) is 11.5. The minimum absolute atomic E-state index is 0.00338. The van der Waals surface area contributed by atoms with Crippen LogP contribution in [0.2, 0.25) is 0 Å². The molecule has 0 radical (unpaired) electrons. The van der Waals surface area contributed by atoms with Crippen LogP contribution in [0.4, 0.5) is 0 Å². The molecule has 1 aliphatic carbocycles. The molecule has 4 rings (SSSR count). The van der Waals surface area contributed by atoms with E-state index >= 15 is 0 Å². The number of benzene rings is 1. The van der Waals surface area contributed by atoms with Crippen molar-refractivity contribution < 1.29 is 9.90 Å². The number of hydrogen-bond donors (Lipinski definition) is 1. The zero-order chi connectivity index (χ0) is 16.9. The van der Waals surface area contributed by atoms with Crippen molar-refractivity contribution in [3.8, 4) is 5.75 Å². The summed E-state index contributed by atoms with van der Waals surface area (Å²) >= 11 is 0. The van der Waals surface area contributed by atoms with Gasteiger partial charge >= 0.3 is 0 Å². The molecule has 24 heavy (non-hydrogen) atoms. The fraction of sp³-hybridized carbons (Fsp3) is 0.650. The molecule has 4 nitrogen and oxygen atoms in total. The number of likely N-dealkylation sites (N-methyl/N-ethyl adjacent to an activating group) is 1. The van der Waals surface area contributed by atoms with E-state index in [1.807, 2.05) is 6.07 Å². The van der Waals surface area contributed by atoms with Gasteiger partial charge in [0, 0.05) is 24.5 Å². The first-order valence-electron chi connectivity index (χ1n) is 9.32. The number of amides is 1. The zero-order valence-electron chi connectivity index (χ0n) is 14.8.